The second kappa shape index (κ2) is 6.37. The molecule has 1 aromatic carbocycles. The van der Waals surface area contributed by atoms with Crippen molar-refractivity contribution in [1.82, 2.24) is 0 Å². The Hall–Kier alpha value is -2.41. The molecule has 0 spiro atoms. The number of aromatic carboxylic acids is 1. The van der Waals surface area contributed by atoms with Gasteiger partial charge in [0, 0.05) is 4.88 Å². The Morgan fingerprint density at radius 3 is 2.35 bits per heavy atom. The molecule has 2 aromatic rings. The number of rotatable bonds is 3. The molecule has 0 aliphatic rings. The Morgan fingerprint density at radius 1 is 1.22 bits per heavy atom. The van der Waals surface area contributed by atoms with Crippen molar-refractivity contribution in [3.63, 3.8) is 0 Å². The van der Waals surface area contributed by atoms with Crippen LogP contribution in [0.15, 0.2) is 30.3 Å². The van der Waals surface area contributed by atoms with Crippen LogP contribution >= 0.6 is 11.3 Å². The van der Waals surface area contributed by atoms with E-state index in [1.807, 2.05) is 0 Å². The van der Waals surface area contributed by atoms with Crippen molar-refractivity contribution in [2.24, 2.45) is 0 Å². The van der Waals surface area contributed by atoms with Crippen LogP contribution in [-0.4, -0.2) is 22.8 Å². The highest BCUT2D eigenvalue weighted by Gasteiger charge is 2.21. The van der Waals surface area contributed by atoms with Gasteiger partial charge in [-0.25, -0.2) is 14.0 Å². The Bertz CT molecular complexity index is 732. The zero-order chi connectivity index (χ0) is 17.2. The number of hydrogen-bond donors (Lipinski definition) is 2. The number of ether oxygens (including phenoxy) is 1. The summed E-state index contributed by atoms with van der Waals surface area (Å²) in [4.78, 5) is 23.8. The number of anilines is 1. The van der Waals surface area contributed by atoms with E-state index >= 15 is 0 Å². The number of carbonyl (C=O) groups is 2. The molecule has 0 fully saturated rings. The van der Waals surface area contributed by atoms with Crippen molar-refractivity contribution < 1.29 is 23.8 Å². The molecule has 1 heterocycles. The fourth-order valence-corrected chi connectivity index (χ4v) is 2.77. The van der Waals surface area contributed by atoms with Gasteiger partial charge in [-0.05, 0) is 44.5 Å². The number of benzene rings is 1. The quantitative estimate of drug-likeness (QED) is 0.858. The highest BCUT2D eigenvalue weighted by Crippen LogP contribution is 2.35. The summed E-state index contributed by atoms with van der Waals surface area (Å²) in [5.74, 6) is -1.54. The topological polar surface area (TPSA) is 75.6 Å². The smallest absolute Gasteiger partial charge is 0.412 e. The van der Waals surface area contributed by atoms with Crippen molar-refractivity contribution in [2.75, 3.05) is 5.32 Å². The number of amides is 1. The molecule has 2 N–H and O–H groups in total. The second-order valence-electron chi connectivity index (χ2n) is 5.79. The molecule has 122 valence electrons. The Kier molecular flexibility index (Phi) is 4.70. The van der Waals surface area contributed by atoms with Gasteiger partial charge in [-0.15, -0.1) is 11.3 Å². The summed E-state index contributed by atoms with van der Waals surface area (Å²) in [5, 5.41) is 11.7. The SMILES string of the molecule is CC(C)(C)OC(=O)Nc1cc(-c2ccc(F)cc2)sc1C(=O)O. The predicted octanol–water partition coefficient (Wildman–Crippen LogP) is 4.60. The molecule has 0 radical (unpaired) electrons. The molecule has 1 aromatic heterocycles. The third-order valence-corrected chi connectivity index (χ3v) is 3.86. The standard InChI is InChI=1S/C16H16FNO4S/c1-16(2,3)22-15(21)18-11-8-12(23-13(11)14(19)20)9-4-6-10(17)7-5-9/h4-8H,1-3H3,(H,18,21)(H,19,20). The van der Waals surface area contributed by atoms with Crippen LogP contribution in [0.1, 0.15) is 30.4 Å². The van der Waals surface area contributed by atoms with Crippen LogP contribution in [0.2, 0.25) is 0 Å². The first-order valence-electron chi connectivity index (χ1n) is 6.79. The number of hydrogen-bond acceptors (Lipinski definition) is 4. The van der Waals surface area contributed by atoms with E-state index in [2.05, 4.69) is 5.32 Å². The van der Waals surface area contributed by atoms with Gasteiger partial charge in [0.2, 0.25) is 0 Å². The van der Waals surface area contributed by atoms with Gasteiger partial charge in [0.15, 0.2) is 0 Å². The van der Waals surface area contributed by atoms with E-state index in [1.54, 1.807) is 32.9 Å². The van der Waals surface area contributed by atoms with Crippen LogP contribution in [0, 0.1) is 5.82 Å². The van der Waals surface area contributed by atoms with Gasteiger partial charge in [0.05, 0.1) is 5.69 Å². The monoisotopic (exact) mass is 337 g/mol. The number of carboxylic acids is 1. The minimum Gasteiger partial charge on any atom is -0.477 e. The van der Waals surface area contributed by atoms with Gasteiger partial charge >= 0.3 is 12.1 Å². The molecule has 0 saturated carbocycles. The van der Waals surface area contributed by atoms with E-state index in [-0.39, 0.29) is 16.4 Å². The fraction of sp³-hybridized carbons (Fsp3) is 0.250. The molecule has 23 heavy (non-hydrogen) atoms. The fourth-order valence-electron chi connectivity index (χ4n) is 1.81. The molecule has 2 rings (SSSR count). The van der Waals surface area contributed by atoms with Gasteiger partial charge < -0.3 is 9.84 Å². The minimum absolute atomic E-state index is 0.0183. The van der Waals surface area contributed by atoms with Crippen LogP contribution in [0.25, 0.3) is 10.4 Å². The van der Waals surface area contributed by atoms with Crippen LogP contribution in [0.5, 0.6) is 0 Å². The first-order chi connectivity index (χ1) is 10.7. The van der Waals surface area contributed by atoms with Crippen molar-refractivity contribution in [3.05, 3.63) is 41.0 Å². The van der Waals surface area contributed by atoms with Crippen molar-refractivity contribution in [2.45, 2.75) is 26.4 Å². The molecule has 1 amide bonds. The largest absolute Gasteiger partial charge is 0.477 e. The van der Waals surface area contributed by atoms with Crippen molar-refractivity contribution in [1.29, 1.82) is 0 Å². The zero-order valence-corrected chi connectivity index (χ0v) is 13.7. The number of carboxylic acid groups (broad SMARTS) is 1. The van der Waals surface area contributed by atoms with E-state index in [0.717, 1.165) is 11.3 Å². The lowest BCUT2D eigenvalue weighted by Crippen LogP contribution is -2.27. The van der Waals surface area contributed by atoms with Crippen LogP contribution < -0.4 is 5.32 Å². The third-order valence-electron chi connectivity index (χ3n) is 2.69. The maximum atomic E-state index is 13.0. The van der Waals surface area contributed by atoms with Gasteiger partial charge in [-0.3, -0.25) is 5.32 Å². The molecule has 0 atom stereocenters. The van der Waals surface area contributed by atoms with E-state index in [9.17, 15) is 19.1 Å². The van der Waals surface area contributed by atoms with E-state index in [0.29, 0.717) is 10.4 Å². The van der Waals surface area contributed by atoms with Gasteiger partial charge in [0.1, 0.15) is 16.3 Å². The lowest BCUT2D eigenvalue weighted by molar-refractivity contribution is 0.0636. The number of nitrogens with one attached hydrogen (secondary N) is 1. The Balaban J connectivity index is 2.30. The van der Waals surface area contributed by atoms with Gasteiger partial charge in [-0.1, -0.05) is 12.1 Å². The van der Waals surface area contributed by atoms with Gasteiger partial charge in [-0.2, -0.15) is 0 Å². The van der Waals surface area contributed by atoms with Crippen LogP contribution in [0.4, 0.5) is 14.9 Å². The van der Waals surface area contributed by atoms with Gasteiger partial charge in [0.25, 0.3) is 0 Å². The lowest BCUT2D eigenvalue weighted by Gasteiger charge is -2.19. The number of thiophene rings is 1. The molecule has 5 nitrogen and oxygen atoms in total. The summed E-state index contributed by atoms with van der Waals surface area (Å²) in [7, 11) is 0. The Labute approximate surface area is 136 Å². The molecule has 0 bridgehead atoms. The zero-order valence-electron chi connectivity index (χ0n) is 12.8. The average Bonchev–Trinajstić information content (AvgIpc) is 2.81. The summed E-state index contributed by atoms with van der Waals surface area (Å²) in [6.07, 6.45) is -0.733. The molecular formula is C16H16FNO4S. The molecule has 7 heteroatoms. The lowest BCUT2D eigenvalue weighted by atomic mass is 10.2. The molecule has 0 unspecified atom stereocenters. The summed E-state index contributed by atoms with van der Waals surface area (Å²) in [5.41, 5.74) is 0.121. The Morgan fingerprint density at radius 2 is 1.83 bits per heavy atom. The van der Waals surface area contributed by atoms with E-state index in [1.165, 1.54) is 18.2 Å². The third kappa shape index (κ3) is 4.53. The van der Waals surface area contributed by atoms with E-state index in [4.69, 9.17) is 4.74 Å². The van der Waals surface area contributed by atoms with E-state index < -0.39 is 17.7 Å². The van der Waals surface area contributed by atoms with Crippen LogP contribution in [0.3, 0.4) is 0 Å². The number of halogens is 1. The molecule has 0 saturated heterocycles. The predicted molar refractivity (Wildman–Crippen MR) is 86.5 cm³/mol. The maximum Gasteiger partial charge on any atom is 0.412 e. The minimum atomic E-state index is -1.16. The second-order valence-corrected chi connectivity index (χ2v) is 6.84. The summed E-state index contributed by atoms with van der Waals surface area (Å²) in [6.45, 7) is 5.13. The molecule has 0 aliphatic carbocycles. The molecular weight excluding hydrogens is 321 g/mol. The normalized spacial score (nSPS) is 11.1. The average molecular weight is 337 g/mol. The molecule has 0 aliphatic heterocycles. The van der Waals surface area contributed by atoms with Crippen molar-refractivity contribution >= 4 is 29.1 Å². The highest BCUT2D eigenvalue weighted by molar-refractivity contribution is 7.18. The maximum absolute atomic E-state index is 13.0. The van der Waals surface area contributed by atoms with Crippen LogP contribution in [-0.2, 0) is 4.74 Å². The summed E-state index contributed by atoms with van der Waals surface area (Å²) >= 11 is 0.994. The van der Waals surface area contributed by atoms with Crippen molar-refractivity contribution in [3.8, 4) is 10.4 Å². The summed E-state index contributed by atoms with van der Waals surface area (Å²) < 4.78 is 18.1. The summed E-state index contributed by atoms with van der Waals surface area (Å²) in [6, 6.07) is 7.20. The first-order valence-corrected chi connectivity index (χ1v) is 7.60. The first kappa shape index (κ1) is 17.0. The highest BCUT2D eigenvalue weighted by atomic mass is 32.1. The number of carbonyl (C=O) groups excluding carboxylic acids is 1.